The van der Waals surface area contributed by atoms with E-state index in [-0.39, 0.29) is 12.6 Å². The number of aromatic nitrogens is 1. The van der Waals surface area contributed by atoms with Crippen molar-refractivity contribution in [3.05, 3.63) is 16.1 Å². The fourth-order valence-corrected chi connectivity index (χ4v) is 1.65. The molecule has 0 fully saturated rings. The maximum Gasteiger partial charge on any atom is 0.0897 e. The number of rotatable bonds is 3. The van der Waals surface area contributed by atoms with Gasteiger partial charge in [0.2, 0.25) is 0 Å². The number of aliphatic hydroxyl groups excluding tert-OH is 1. The molecule has 1 unspecified atom stereocenters. The second-order valence-corrected chi connectivity index (χ2v) is 3.67. The van der Waals surface area contributed by atoms with Crippen LogP contribution in [0.3, 0.4) is 0 Å². The molecule has 4 heteroatoms. The monoisotopic (exact) mass is 172 g/mol. The van der Waals surface area contributed by atoms with Gasteiger partial charge in [-0.05, 0) is 13.3 Å². The minimum Gasteiger partial charge on any atom is -0.396 e. The molecule has 1 heterocycles. The molecule has 3 N–H and O–H groups in total. The lowest BCUT2D eigenvalue weighted by Crippen LogP contribution is -2.09. The Hall–Kier alpha value is -0.450. The molecule has 1 atom stereocenters. The van der Waals surface area contributed by atoms with Gasteiger partial charge in [-0.1, -0.05) is 0 Å². The van der Waals surface area contributed by atoms with E-state index in [1.165, 1.54) is 0 Å². The molecule has 0 aromatic carbocycles. The standard InChI is InChI=1S/C7H12N2OS/c1-5-9-4-7(11-5)6(8)2-3-10/h4,6,10H,2-3,8H2,1H3. The Bertz CT molecular complexity index is 224. The lowest BCUT2D eigenvalue weighted by Gasteiger charge is -2.04. The molecule has 1 aromatic heterocycles. The molecule has 1 rings (SSSR count). The average Bonchev–Trinajstić information content (AvgIpc) is 2.36. The smallest absolute Gasteiger partial charge is 0.0897 e. The van der Waals surface area contributed by atoms with Crippen LogP contribution in [0.25, 0.3) is 0 Å². The third-order valence-electron chi connectivity index (χ3n) is 1.44. The summed E-state index contributed by atoms with van der Waals surface area (Å²) >= 11 is 1.59. The van der Waals surface area contributed by atoms with Gasteiger partial charge in [-0.15, -0.1) is 11.3 Å². The number of hydrogen-bond acceptors (Lipinski definition) is 4. The number of aryl methyl sites for hydroxylation is 1. The Labute approximate surface area is 69.9 Å². The van der Waals surface area contributed by atoms with Crippen molar-refractivity contribution in [2.24, 2.45) is 5.73 Å². The van der Waals surface area contributed by atoms with E-state index in [0.29, 0.717) is 6.42 Å². The molecule has 0 aliphatic carbocycles. The summed E-state index contributed by atoms with van der Waals surface area (Å²) < 4.78 is 0. The number of nitrogens with zero attached hydrogens (tertiary/aromatic N) is 1. The largest absolute Gasteiger partial charge is 0.396 e. The van der Waals surface area contributed by atoms with E-state index in [2.05, 4.69) is 4.98 Å². The van der Waals surface area contributed by atoms with Gasteiger partial charge >= 0.3 is 0 Å². The van der Waals surface area contributed by atoms with Crippen molar-refractivity contribution in [3.8, 4) is 0 Å². The highest BCUT2D eigenvalue weighted by Crippen LogP contribution is 2.20. The van der Waals surface area contributed by atoms with Crippen LogP contribution in [-0.2, 0) is 0 Å². The van der Waals surface area contributed by atoms with Gasteiger partial charge in [-0.2, -0.15) is 0 Å². The van der Waals surface area contributed by atoms with Gasteiger partial charge in [0.15, 0.2) is 0 Å². The summed E-state index contributed by atoms with van der Waals surface area (Å²) in [6.07, 6.45) is 2.39. The molecule has 3 nitrogen and oxygen atoms in total. The van der Waals surface area contributed by atoms with Crippen molar-refractivity contribution in [2.45, 2.75) is 19.4 Å². The van der Waals surface area contributed by atoms with Gasteiger partial charge in [-0.3, -0.25) is 0 Å². The Morgan fingerprint density at radius 3 is 3.00 bits per heavy atom. The molecular formula is C7H12N2OS. The number of nitrogens with two attached hydrogens (primary N) is 1. The van der Waals surface area contributed by atoms with Crippen molar-refractivity contribution in [1.82, 2.24) is 4.98 Å². The third-order valence-corrected chi connectivity index (χ3v) is 2.49. The summed E-state index contributed by atoms with van der Waals surface area (Å²) in [5, 5.41) is 9.63. The lowest BCUT2D eigenvalue weighted by atomic mass is 10.2. The van der Waals surface area contributed by atoms with Gasteiger partial charge in [0, 0.05) is 23.7 Å². The fourth-order valence-electron chi connectivity index (χ4n) is 0.831. The molecule has 0 spiro atoms. The maximum absolute atomic E-state index is 8.61. The van der Waals surface area contributed by atoms with Crippen LogP contribution in [0.1, 0.15) is 22.3 Å². The van der Waals surface area contributed by atoms with Gasteiger partial charge in [0.1, 0.15) is 0 Å². The van der Waals surface area contributed by atoms with E-state index < -0.39 is 0 Å². The minimum atomic E-state index is -0.0498. The molecule has 0 amide bonds. The fraction of sp³-hybridized carbons (Fsp3) is 0.571. The normalized spacial score (nSPS) is 13.4. The van der Waals surface area contributed by atoms with Gasteiger partial charge < -0.3 is 10.8 Å². The van der Waals surface area contributed by atoms with E-state index in [4.69, 9.17) is 10.8 Å². The number of thiazole rings is 1. The molecule has 0 aliphatic rings. The van der Waals surface area contributed by atoms with Crippen LogP contribution in [0.5, 0.6) is 0 Å². The van der Waals surface area contributed by atoms with E-state index in [0.717, 1.165) is 9.88 Å². The van der Waals surface area contributed by atoms with Crippen molar-refractivity contribution in [2.75, 3.05) is 6.61 Å². The van der Waals surface area contributed by atoms with Gasteiger partial charge in [0.05, 0.1) is 5.01 Å². The lowest BCUT2D eigenvalue weighted by molar-refractivity contribution is 0.277. The zero-order valence-electron chi connectivity index (χ0n) is 6.45. The summed E-state index contributed by atoms with van der Waals surface area (Å²) in [5.41, 5.74) is 5.73. The summed E-state index contributed by atoms with van der Waals surface area (Å²) in [5.74, 6) is 0. The van der Waals surface area contributed by atoms with Crippen LogP contribution in [0.2, 0.25) is 0 Å². The van der Waals surface area contributed by atoms with Crippen LogP contribution in [-0.4, -0.2) is 16.7 Å². The summed E-state index contributed by atoms with van der Waals surface area (Å²) in [6, 6.07) is -0.0498. The predicted octanol–water partition coefficient (Wildman–Crippen LogP) is 0.834. The summed E-state index contributed by atoms with van der Waals surface area (Å²) in [4.78, 5) is 5.13. The second kappa shape index (κ2) is 3.80. The van der Waals surface area contributed by atoms with Crippen molar-refractivity contribution >= 4 is 11.3 Å². The average molecular weight is 172 g/mol. The number of aliphatic hydroxyl groups is 1. The van der Waals surface area contributed by atoms with Crippen LogP contribution in [0.4, 0.5) is 0 Å². The zero-order valence-corrected chi connectivity index (χ0v) is 7.27. The molecule has 0 saturated heterocycles. The first-order valence-corrected chi connectivity index (χ1v) is 4.34. The Balaban J connectivity index is 2.60. The summed E-state index contributed by atoms with van der Waals surface area (Å²) in [7, 11) is 0. The van der Waals surface area contributed by atoms with E-state index in [1.54, 1.807) is 17.5 Å². The van der Waals surface area contributed by atoms with E-state index >= 15 is 0 Å². The van der Waals surface area contributed by atoms with Crippen LogP contribution >= 0.6 is 11.3 Å². The van der Waals surface area contributed by atoms with Crippen LogP contribution in [0, 0.1) is 6.92 Å². The third kappa shape index (κ3) is 2.25. The Morgan fingerprint density at radius 2 is 2.55 bits per heavy atom. The Morgan fingerprint density at radius 1 is 1.82 bits per heavy atom. The topological polar surface area (TPSA) is 59.1 Å². The predicted molar refractivity (Wildman–Crippen MR) is 45.5 cm³/mol. The molecule has 0 saturated carbocycles. The molecular weight excluding hydrogens is 160 g/mol. The van der Waals surface area contributed by atoms with Crippen molar-refractivity contribution < 1.29 is 5.11 Å². The van der Waals surface area contributed by atoms with E-state index in [9.17, 15) is 0 Å². The van der Waals surface area contributed by atoms with Crippen LogP contribution in [0.15, 0.2) is 6.20 Å². The highest BCUT2D eigenvalue weighted by Gasteiger charge is 2.07. The van der Waals surface area contributed by atoms with Crippen molar-refractivity contribution in [3.63, 3.8) is 0 Å². The maximum atomic E-state index is 8.61. The first kappa shape index (κ1) is 8.64. The molecule has 0 radical (unpaired) electrons. The van der Waals surface area contributed by atoms with E-state index in [1.807, 2.05) is 6.92 Å². The molecule has 0 aliphatic heterocycles. The van der Waals surface area contributed by atoms with Gasteiger partial charge in [0.25, 0.3) is 0 Å². The zero-order chi connectivity index (χ0) is 8.27. The molecule has 0 bridgehead atoms. The quantitative estimate of drug-likeness (QED) is 0.710. The minimum absolute atomic E-state index is 0.0498. The highest BCUT2D eigenvalue weighted by atomic mass is 32.1. The number of hydrogen-bond donors (Lipinski definition) is 2. The van der Waals surface area contributed by atoms with Gasteiger partial charge in [-0.25, -0.2) is 4.98 Å². The summed E-state index contributed by atoms with van der Waals surface area (Å²) in [6.45, 7) is 2.08. The first-order chi connectivity index (χ1) is 5.24. The first-order valence-electron chi connectivity index (χ1n) is 3.53. The molecule has 62 valence electrons. The Kier molecular flexibility index (Phi) is 2.99. The second-order valence-electron chi connectivity index (χ2n) is 2.40. The molecule has 11 heavy (non-hydrogen) atoms. The SMILES string of the molecule is Cc1ncc(C(N)CCO)s1. The molecule has 1 aromatic rings. The van der Waals surface area contributed by atoms with Crippen molar-refractivity contribution in [1.29, 1.82) is 0 Å². The van der Waals surface area contributed by atoms with Crippen LogP contribution < -0.4 is 5.73 Å². The highest BCUT2D eigenvalue weighted by molar-refractivity contribution is 7.11.